The van der Waals surface area contributed by atoms with Gasteiger partial charge >= 0.3 is 0 Å². The van der Waals surface area contributed by atoms with Crippen molar-refractivity contribution in [2.24, 2.45) is 17.8 Å². The van der Waals surface area contributed by atoms with Crippen LogP contribution >= 0.6 is 0 Å². The third kappa shape index (κ3) is 2.91. The van der Waals surface area contributed by atoms with Gasteiger partial charge in [-0.1, -0.05) is 25.0 Å². The van der Waals surface area contributed by atoms with Gasteiger partial charge in [-0.05, 0) is 50.4 Å². The standard InChI is InChI=1S/C20H31N3O2/c1-3-14(11-24)22-20(25)13-7-16-15-5-4-6-17-19(15)12(9-21-17)8-18(16)23(2)10-13/h7,9,13-15,17-19,21,24H,3-6,8,10-11H2,1-2H3,(H,22,25)/t13-,14?,15?,17?,18-,19?/m1/s1. The molecular formula is C20H31N3O2. The highest BCUT2D eigenvalue weighted by Gasteiger charge is 2.48. The van der Waals surface area contributed by atoms with Crippen molar-refractivity contribution in [3.63, 3.8) is 0 Å². The van der Waals surface area contributed by atoms with Crippen molar-refractivity contribution in [3.05, 3.63) is 23.4 Å². The van der Waals surface area contributed by atoms with Gasteiger partial charge in [0.1, 0.15) is 0 Å². The molecule has 25 heavy (non-hydrogen) atoms. The van der Waals surface area contributed by atoms with Crippen LogP contribution in [0.1, 0.15) is 39.0 Å². The van der Waals surface area contributed by atoms with Crippen molar-refractivity contribution < 1.29 is 9.90 Å². The summed E-state index contributed by atoms with van der Waals surface area (Å²) >= 11 is 0. The molecule has 2 aliphatic carbocycles. The fraction of sp³-hybridized carbons (Fsp3) is 0.750. The highest BCUT2D eigenvalue weighted by Crippen LogP contribution is 2.50. The smallest absolute Gasteiger partial charge is 0.228 e. The van der Waals surface area contributed by atoms with E-state index in [9.17, 15) is 9.90 Å². The molecule has 0 bridgehead atoms. The number of aliphatic hydroxyl groups is 1. The van der Waals surface area contributed by atoms with E-state index in [0.29, 0.717) is 23.9 Å². The van der Waals surface area contributed by atoms with Gasteiger partial charge < -0.3 is 15.7 Å². The lowest BCUT2D eigenvalue weighted by atomic mass is 9.62. The summed E-state index contributed by atoms with van der Waals surface area (Å²) in [7, 11) is 2.16. The Bertz CT molecular complexity index is 596. The van der Waals surface area contributed by atoms with Gasteiger partial charge in [0.15, 0.2) is 0 Å². The Kier molecular flexibility index (Phi) is 4.63. The molecule has 0 aromatic carbocycles. The first-order valence-corrected chi connectivity index (χ1v) is 9.90. The van der Waals surface area contributed by atoms with Crippen molar-refractivity contribution in [2.75, 3.05) is 20.2 Å². The number of fused-ring (bicyclic) bond motifs is 2. The maximum atomic E-state index is 12.7. The van der Waals surface area contributed by atoms with Crippen molar-refractivity contribution in [1.29, 1.82) is 0 Å². The molecule has 5 heteroatoms. The van der Waals surface area contributed by atoms with Crippen LogP contribution in [0.3, 0.4) is 0 Å². The minimum absolute atomic E-state index is 0.0101. The third-order valence-corrected chi connectivity index (χ3v) is 6.86. The second kappa shape index (κ2) is 6.76. The van der Waals surface area contributed by atoms with Gasteiger partial charge in [0.25, 0.3) is 0 Å². The first-order valence-electron chi connectivity index (χ1n) is 9.90. The number of nitrogens with one attached hydrogen (secondary N) is 2. The molecule has 5 nitrogen and oxygen atoms in total. The van der Waals surface area contributed by atoms with Crippen LogP contribution in [0.25, 0.3) is 0 Å². The highest BCUT2D eigenvalue weighted by molar-refractivity contribution is 5.81. The van der Waals surface area contributed by atoms with Crippen LogP contribution in [-0.2, 0) is 4.79 Å². The number of likely N-dealkylation sites (N-methyl/N-ethyl adjacent to an activating group) is 1. The molecule has 0 saturated heterocycles. The summed E-state index contributed by atoms with van der Waals surface area (Å²) in [6, 6.07) is 0.928. The molecule has 138 valence electrons. The SMILES string of the molecule is CCC(CO)NC(=O)[C@@H]1C=C2C3CCCC4NC=C(C[C@H]2N(C)C1)C43. The number of carbonyl (C=O) groups is 1. The molecule has 4 aliphatic rings. The molecule has 6 atom stereocenters. The quantitative estimate of drug-likeness (QED) is 0.674. The second-order valence-corrected chi connectivity index (χ2v) is 8.28. The highest BCUT2D eigenvalue weighted by atomic mass is 16.3. The van der Waals surface area contributed by atoms with Crippen LogP contribution in [0.2, 0.25) is 0 Å². The lowest BCUT2D eigenvalue weighted by Crippen LogP contribution is -2.52. The van der Waals surface area contributed by atoms with Gasteiger partial charge in [0.05, 0.1) is 18.6 Å². The van der Waals surface area contributed by atoms with E-state index in [1.165, 1.54) is 24.8 Å². The Hall–Kier alpha value is -1.33. The van der Waals surface area contributed by atoms with E-state index >= 15 is 0 Å². The normalized spacial score (nSPS) is 38.0. The van der Waals surface area contributed by atoms with Gasteiger partial charge in [-0.2, -0.15) is 0 Å². The van der Waals surface area contributed by atoms with Crippen molar-refractivity contribution in [3.8, 4) is 0 Å². The summed E-state index contributed by atoms with van der Waals surface area (Å²) in [5, 5.41) is 16.0. The number of aliphatic hydroxyl groups excluding tert-OH is 1. The van der Waals surface area contributed by atoms with Gasteiger partial charge in [0.2, 0.25) is 5.91 Å². The number of nitrogens with zero attached hydrogens (tertiary/aromatic N) is 1. The van der Waals surface area contributed by atoms with Crippen molar-refractivity contribution >= 4 is 5.91 Å². The van der Waals surface area contributed by atoms with Gasteiger partial charge in [-0.15, -0.1) is 0 Å². The number of amides is 1. The molecule has 3 N–H and O–H groups in total. The summed E-state index contributed by atoms with van der Waals surface area (Å²) in [4.78, 5) is 15.1. The molecule has 4 rings (SSSR count). The molecule has 0 aromatic heterocycles. The number of carbonyl (C=O) groups excluding carboxylic acids is 1. The van der Waals surface area contributed by atoms with Crippen LogP contribution in [0.5, 0.6) is 0 Å². The van der Waals surface area contributed by atoms with Crippen LogP contribution in [0.4, 0.5) is 0 Å². The molecule has 2 saturated carbocycles. The molecule has 2 fully saturated rings. The van der Waals surface area contributed by atoms with Crippen molar-refractivity contribution in [2.45, 2.75) is 57.2 Å². The Morgan fingerprint density at radius 2 is 2.32 bits per heavy atom. The summed E-state index contributed by atoms with van der Waals surface area (Å²) in [5.74, 6) is 1.21. The van der Waals surface area contributed by atoms with Crippen molar-refractivity contribution in [1.82, 2.24) is 15.5 Å². The molecule has 0 spiro atoms. The maximum absolute atomic E-state index is 12.7. The molecule has 1 amide bonds. The molecular weight excluding hydrogens is 314 g/mol. The lowest BCUT2D eigenvalue weighted by Gasteiger charge is -2.49. The van der Waals surface area contributed by atoms with E-state index in [4.69, 9.17) is 0 Å². The fourth-order valence-corrected chi connectivity index (χ4v) is 5.48. The molecule has 2 heterocycles. The predicted molar refractivity (Wildman–Crippen MR) is 97.8 cm³/mol. The van der Waals surface area contributed by atoms with E-state index in [2.05, 4.69) is 34.9 Å². The van der Waals surface area contributed by atoms with Gasteiger partial charge in [-0.3, -0.25) is 9.69 Å². The number of rotatable bonds is 4. The topological polar surface area (TPSA) is 64.6 Å². The predicted octanol–water partition coefficient (Wildman–Crippen LogP) is 1.41. The molecule has 0 aromatic rings. The van der Waals surface area contributed by atoms with Gasteiger partial charge in [-0.25, -0.2) is 0 Å². The van der Waals surface area contributed by atoms with Crippen LogP contribution < -0.4 is 10.6 Å². The minimum atomic E-state index is -0.132. The van der Waals surface area contributed by atoms with E-state index in [-0.39, 0.29) is 24.5 Å². The third-order valence-electron chi connectivity index (χ3n) is 6.86. The average Bonchev–Trinajstić information content (AvgIpc) is 3.04. The Morgan fingerprint density at radius 1 is 1.48 bits per heavy atom. The minimum Gasteiger partial charge on any atom is -0.394 e. The van der Waals surface area contributed by atoms with E-state index in [1.807, 2.05) is 6.92 Å². The van der Waals surface area contributed by atoms with Crippen LogP contribution in [0.15, 0.2) is 23.4 Å². The summed E-state index contributed by atoms with van der Waals surface area (Å²) < 4.78 is 0. The van der Waals surface area contributed by atoms with E-state index < -0.39 is 0 Å². The molecule has 0 radical (unpaired) electrons. The zero-order chi connectivity index (χ0) is 17.6. The summed E-state index contributed by atoms with van der Waals surface area (Å²) in [5.41, 5.74) is 3.10. The average molecular weight is 345 g/mol. The Balaban J connectivity index is 1.58. The van der Waals surface area contributed by atoms with E-state index in [1.54, 1.807) is 5.57 Å². The Morgan fingerprint density at radius 3 is 3.08 bits per heavy atom. The number of hydrogen-bond acceptors (Lipinski definition) is 4. The summed E-state index contributed by atoms with van der Waals surface area (Å²) in [6.45, 7) is 2.77. The van der Waals surface area contributed by atoms with Crippen LogP contribution in [0, 0.1) is 17.8 Å². The second-order valence-electron chi connectivity index (χ2n) is 8.28. The monoisotopic (exact) mass is 345 g/mol. The fourth-order valence-electron chi connectivity index (χ4n) is 5.48. The molecule has 2 aliphatic heterocycles. The Labute approximate surface area is 150 Å². The maximum Gasteiger partial charge on any atom is 0.228 e. The zero-order valence-corrected chi connectivity index (χ0v) is 15.4. The van der Waals surface area contributed by atoms with Crippen LogP contribution in [-0.4, -0.2) is 54.2 Å². The first kappa shape index (κ1) is 17.1. The van der Waals surface area contributed by atoms with E-state index in [0.717, 1.165) is 19.4 Å². The number of hydrogen-bond donors (Lipinski definition) is 3. The molecule has 4 unspecified atom stereocenters. The largest absolute Gasteiger partial charge is 0.394 e. The van der Waals surface area contributed by atoms with Gasteiger partial charge in [0, 0.05) is 24.5 Å². The lowest BCUT2D eigenvalue weighted by molar-refractivity contribution is -0.125. The zero-order valence-electron chi connectivity index (χ0n) is 15.4. The first-order chi connectivity index (χ1) is 12.1. The summed E-state index contributed by atoms with van der Waals surface area (Å²) in [6.07, 6.45) is 10.2.